The number of benzene rings is 1. The van der Waals surface area contributed by atoms with Crippen LogP contribution in [0.5, 0.6) is 0 Å². The summed E-state index contributed by atoms with van der Waals surface area (Å²) in [5.41, 5.74) is 1.04. The maximum absolute atomic E-state index is 12.9. The first-order chi connectivity index (χ1) is 9.30. The van der Waals surface area contributed by atoms with Crippen LogP contribution in [0.3, 0.4) is 0 Å². The summed E-state index contributed by atoms with van der Waals surface area (Å²) in [6.45, 7) is 7.01. The first kappa shape index (κ1) is 14.1. The fraction of sp³-hybridized carbons (Fsp3) is 0.625. The van der Waals surface area contributed by atoms with Gasteiger partial charge in [0.1, 0.15) is 0 Å². The van der Waals surface area contributed by atoms with E-state index in [2.05, 4.69) is 13.8 Å². The van der Waals surface area contributed by atoms with Crippen LogP contribution >= 0.6 is 0 Å². The summed E-state index contributed by atoms with van der Waals surface area (Å²) in [5.74, 6) is 0. The van der Waals surface area contributed by atoms with Gasteiger partial charge in [-0.2, -0.15) is 4.31 Å². The van der Waals surface area contributed by atoms with Gasteiger partial charge in [0.05, 0.1) is 4.90 Å². The van der Waals surface area contributed by atoms with Crippen molar-refractivity contribution in [3.63, 3.8) is 0 Å². The molecule has 2 fully saturated rings. The largest absolute Gasteiger partial charge is 0.243 e. The van der Waals surface area contributed by atoms with E-state index in [-0.39, 0.29) is 11.0 Å². The fourth-order valence-corrected chi connectivity index (χ4v) is 5.85. The van der Waals surface area contributed by atoms with E-state index in [1.807, 2.05) is 19.1 Å². The van der Waals surface area contributed by atoms with Gasteiger partial charge in [0, 0.05) is 17.5 Å². The summed E-state index contributed by atoms with van der Waals surface area (Å²) in [4.78, 5) is 0.428. The Bertz CT molecular complexity index is 622. The highest BCUT2D eigenvalue weighted by molar-refractivity contribution is 7.89. The summed E-state index contributed by atoms with van der Waals surface area (Å²) in [6, 6.07) is 7.20. The monoisotopic (exact) mass is 293 g/mol. The first-order valence-corrected chi connectivity index (χ1v) is 8.83. The molecular weight excluding hydrogens is 270 g/mol. The lowest BCUT2D eigenvalue weighted by molar-refractivity contribution is -0.110. The van der Waals surface area contributed by atoms with Crippen LogP contribution in [0.1, 0.15) is 45.1 Å². The number of hydrogen-bond acceptors (Lipinski definition) is 2. The minimum Gasteiger partial charge on any atom is -0.207 e. The zero-order chi connectivity index (χ0) is 14.6. The molecule has 20 heavy (non-hydrogen) atoms. The van der Waals surface area contributed by atoms with Crippen molar-refractivity contribution in [3.8, 4) is 0 Å². The maximum Gasteiger partial charge on any atom is 0.243 e. The van der Waals surface area contributed by atoms with Crippen molar-refractivity contribution in [2.75, 3.05) is 6.54 Å². The van der Waals surface area contributed by atoms with Crippen LogP contribution in [0, 0.1) is 12.3 Å². The van der Waals surface area contributed by atoms with Crippen molar-refractivity contribution in [1.29, 1.82) is 0 Å². The Labute approximate surface area is 122 Å². The first-order valence-electron chi connectivity index (χ1n) is 7.39. The van der Waals surface area contributed by atoms with Crippen molar-refractivity contribution in [2.45, 2.75) is 56.9 Å². The molecule has 3 nitrogen and oxygen atoms in total. The minimum atomic E-state index is -3.35. The average Bonchev–Trinajstić information content (AvgIpc) is 2.39. The lowest BCUT2D eigenvalue weighted by Gasteiger charge is -2.65. The fourth-order valence-electron chi connectivity index (χ4n) is 3.82. The molecule has 1 saturated carbocycles. The Morgan fingerprint density at radius 3 is 2.25 bits per heavy atom. The van der Waals surface area contributed by atoms with Crippen molar-refractivity contribution >= 4 is 10.0 Å². The molecule has 4 heteroatoms. The van der Waals surface area contributed by atoms with Crippen LogP contribution in [-0.4, -0.2) is 24.8 Å². The molecule has 1 saturated heterocycles. The Hall–Kier alpha value is -0.870. The molecule has 3 rings (SSSR count). The number of nitrogens with zero attached hydrogens (tertiary/aromatic N) is 1. The molecule has 2 aliphatic rings. The van der Waals surface area contributed by atoms with Gasteiger partial charge in [-0.25, -0.2) is 8.42 Å². The Morgan fingerprint density at radius 1 is 1.05 bits per heavy atom. The molecule has 0 amide bonds. The number of sulfonamides is 1. The molecule has 0 spiro atoms. The van der Waals surface area contributed by atoms with Crippen LogP contribution in [0.15, 0.2) is 29.2 Å². The third-order valence-corrected chi connectivity index (χ3v) is 7.57. The van der Waals surface area contributed by atoms with Crippen molar-refractivity contribution in [3.05, 3.63) is 29.8 Å². The summed E-state index contributed by atoms with van der Waals surface area (Å²) >= 11 is 0. The lowest BCUT2D eigenvalue weighted by Crippen LogP contribution is -2.73. The molecule has 1 aromatic rings. The Morgan fingerprint density at radius 2 is 1.65 bits per heavy atom. The van der Waals surface area contributed by atoms with Crippen LogP contribution < -0.4 is 0 Å². The molecular formula is C16H23NO2S. The molecule has 0 aromatic heterocycles. The van der Waals surface area contributed by atoms with Crippen LogP contribution in [0.4, 0.5) is 0 Å². The van der Waals surface area contributed by atoms with Gasteiger partial charge in [-0.3, -0.25) is 0 Å². The highest BCUT2D eigenvalue weighted by atomic mass is 32.2. The quantitative estimate of drug-likeness (QED) is 0.838. The lowest BCUT2D eigenvalue weighted by atomic mass is 9.57. The van der Waals surface area contributed by atoms with Gasteiger partial charge >= 0.3 is 0 Å². The molecule has 110 valence electrons. The van der Waals surface area contributed by atoms with Crippen LogP contribution in [0.2, 0.25) is 0 Å². The van der Waals surface area contributed by atoms with Crippen molar-refractivity contribution in [2.24, 2.45) is 5.41 Å². The van der Waals surface area contributed by atoms with Crippen molar-refractivity contribution < 1.29 is 8.42 Å². The van der Waals surface area contributed by atoms with E-state index in [0.29, 0.717) is 11.4 Å². The molecule has 0 bridgehead atoms. The summed E-state index contributed by atoms with van der Waals surface area (Å²) in [5, 5.41) is 0. The normalized spacial score (nSPS) is 34.4. The summed E-state index contributed by atoms with van der Waals surface area (Å²) in [6.07, 6.45) is 4.48. The molecule has 0 radical (unpaired) electrons. The minimum absolute atomic E-state index is 0.156. The Balaban J connectivity index is 1.96. The van der Waals surface area contributed by atoms with E-state index < -0.39 is 10.0 Å². The average molecular weight is 293 g/mol. The van der Waals surface area contributed by atoms with Gasteiger partial charge in [0.15, 0.2) is 0 Å². The highest BCUT2D eigenvalue weighted by Gasteiger charge is 2.63. The zero-order valence-electron chi connectivity index (χ0n) is 12.5. The molecule has 0 unspecified atom stereocenters. The number of fused-ring (bicyclic) bond motifs is 1. The third-order valence-electron chi connectivity index (χ3n) is 5.59. The molecule has 1 aliphatic carbocycles. The topological polar surface area (TPSA) is 37.4 Å². The number of aryl methyl sites for hydroxylation is 1. The van der Waals surface area contributed by atoms with Gasteiger partial charge in [-0.1, -0.05) is 37.5 Å². The summed E-state index contributed by atoms with van der Waals surface area (Å²) < 4.78 is 27.4. The van der Waals surface area contributed by atoms with Crippen LogP contribution in [0.25, 0.3) is 0 Å². The zero-order valence-corrected chi connectivity index (χ0v) is 13.3. The van der Waals surface area contributed by atoms with Gasteiger partial charge in [-0.05, 0) is 38.8 Å². The summed E-state index contributed by atoms with van der Waals surface area (Å²) in [7, 11) is -3.35. The molecule has 0 N–H and O–H groups in total. The van der Waals surface area contributed by atoms with E-state index in [4.69, 9.17) is 0 Å². The second-order valence-electron chi connectivity index (χ2n) is 6.87. The van der Waals surface area contributed by atoms with Gasteiger partial charge < -0.3 is 0 Å². The van der Waals surface area contributed by atoms with Crippen LogP contribution in [-0.2, 0) is 10.0 Å². The van der Waals surface area contributed by atoms with E-state index in [9.17, 15) is 8.42 Å². The van der Waals surface area contributed by atoms with Crippen molar-refractivity contribution in [1.82, 2.24) is 4.31 Å². The maximum atomic E-state index is 12.9. The van der Waals surface area contributed by atoms with E-state index in [0.717, 1.165) is 24.8 Å². The molecule has 1 aromatic carbocycles. The number of rotatable bonds is 2. The smallest absolute Gasteiger partial charge is 0.207 e. The second-order valence-corrected chi connectivity index (χ2v) is 8.73. The van der Waals surface area contributed by atoms with E-state index >= 15 is 0 Å². The molecule has 1 aliphatic heterocycles. The highest BCUT2D eigenvalue weighted by Crippen LogP contribution is 2.57. The Kier molecular flexibility index (Phi) is 3.04. The second kappa shape index (κ2) is 4.31. The van der Waals surface area contributed by atoms with E-state index in [1.54, 1.807) is 16.4 Å². The SMILES string of the molecule is Cc1ccc(S(=O)(=O)N2C[C@@]3(C)CCCC[C@@]23C)cc1. The standard InChI is InChI=1S/C16H23NO2S/c1-13-6-8-14(9-7-13)20(18,19)17-12-15(2)10-4-5-11-16(15,17)3/h6-9H,4-5,10-12H2,1-3H3/t15-,16-/m1/s1. The third kappa shape index (κ3) is 1.77. The van der Waals surface area contributed by atoms with E-state index in [1.165, 1.54) is 6.42 Å². The predicted molar refractivity (Wildman–Crippen MR) is 80.1 cm³/mol. The van der Waals surface area contributed by atoms with Gasteiger partial charge in [-0.15, -0.1) is 0 Å². The predicted octanol–water partition coefficient (Wildman–Crippen LogP) is 3.34. The molecule has 2 atom stereocenters. The molecule has 1 heterocycles. The number of hydrogen-bond donors (Lipinski definition) is 0. The van der Waals surface area contributed by atoms with Gasteiger partial charge in [0.2, 0.25) is 10.0 Å². The van der Waals surface area contributed by atoms with Gasteiger partial charge in [0.25, 0.3) is 0 Å².